The molecule has 2 rings (SSSR count). The van der Waals surface area contributed by atoms with E-state index < -0.39 is 11.7 Å². The number of nitrogens with two attached hydrogens (primary N) is 1. The maximum Gasteiger partial charge on any atom is 0.416 e. The highest BCUT2D eigenvalue weighted by Gasteiger charge is 2.30. The van der Waals surface area contributed by atoms with Crippen LogP contribution in [0.1, 0.15) is 29.2 Å². The van der Waals surface area contributed by atoms with E-state index in [2.05, 4.69) is 10.5 Å². The van der Waals surface area contributed by atoms with Crippen molar-refractivity contribution in [2.75, 3.05) is 0 Å². The van der Waals surface area contributed by atoms with E-state index in [4.69, 9.17) is 5.84 Å². The molecule has 4 nitrogen and oxygen atoms in total. The molecule has 114 valence electrons. The molecule has 0 saturated carbocycles. The van der Waals surface area contributed by atoms with Crippen LogP contribution in [0.3, 0.4) is 0 Å². The van der Waals surface area contributed by atoms with Crippen LogP contribution < -0.4 is 11.3 Å². The second kappa shape index (κ2) is 6.28. The van der Waals surface area contributed by atoms with Crippen LogP contribution in [0.4, 0.5) is 13.2 Å². The van der Waals surface area contributed by atoms with Crippen molar-refractivity contribution >= 4 is 0 Å². The van der Waals surface area contributed by atoms with Crippen LogP contribution in [-0.4, -0.2) is 9.78 Å². The van der Waals surface area contributed by atoms with Crippen LogP contribution in [0, 0.1) is 0 Å². The molecule has 0 fully saturated rings. The summed E-state index contributed by atoms with van der Waals surface area (Å²) in [5, 5.41) is 4.06. The fourth-order valence-corrected chi connectivity index (χ4v) is 2.19. The summed E-state index contributed by atoms with van der Waals surface area (Å²) in [5.41, 5.74) is 3.46. The van der Waals surface area contributed by atoms with Gasteiger partial charge >= 0.3 is 6.18 Å². The number of hydrogen-bond acceptors (Lipinski definition) is 3. The molecule has 3 N–H and O–H groups in total. The molecule has 21 heavy (non-hydrogen) atoms. The number of hydrazine groups is 1. The summed E-state index contributed by atoms with van der Waals surface area (Å²) in [6.07, 6.45) is 0.528. The lowest BCUT2D eigenvalue weighted by Crippen LogP contribution is -2.28. The number of nitrogens with zero attached hydrogens (tertiary/aromatic N) is 2. The van der Waals surface area contributed by atoms with E-state index in [1.807, 2.05) is 13.2 Å². The zero-order valence-corrected chi connectivity index (χ0v) is 11.6. The maximum atomic E-state index is 12.7. The van der Waals surface area contributed by atoms with Crippen LogP contribution in [0.25, 0.3) is 0 Å². The second-order valence-electron chi connectivity index (χ2n) is 4.90. The molecule has 0 saturated heterocycles. The third-order valence-electron chi connectivity index (χ3n) is 3.30. The molecule has 1 heterocycles. The zero-order chi connectivity index (χ0) is 15.5. The molecule has 1 unspecified atom stereocenters. The molecule has 0 aliphatic carbocycles. The minimum Gasteiger partial charge on any atom is -0.276 e. The summed E-state index contributed by atoms with van der Waals surface area (Å²) in [6, 6.07) is 4.88. The van der Waals surface area contributed by atoms with E-state index in [1.165, 1.54) is 6.07 Å². The molecule has 7 heteroatoms. The number of halogens is 3. The molecule has 0 bridgehead atoms. The van der Waals surface area contributed by atoms with Crippen molar-refractivity contribution in [1.82, 2.24) is 15.2 Å². The third kappa shape index (κ3) is 4.05. The first-order valence-corrected chi connectivity index (χ1v) is 6.51. The van der Waals surface area contributed by atoms with Crippen molar-refractivity contribution in [3.05, 3.63) is 53.3 Å². The number of aromatic nitrogens is 2. The monoisotopic (exact) mass is 298 g/mol. The van der Waals surface area contributed by atoms with Gasteiger partial charge in [-0.05, 0) is 36.1 Å². The minimum atomic E-state index is -4.35. The number of hydrogen-bond donors (Lipinski definition) is 2. The molecular formula is C14H17F3N4. The molecule has 0 spiro atoms. The molecule has 2 aromatic rings. The Bertz CT molecular complexity index is 592. The highest BCUT2D eigenvalue weighted by molar-refractivity contribution is 5.28. The van der Waals surface area contributed by atoms with Crippen LogP contribution in [0.5, 0.6) is 0 Å². The van der Waals surface area contributed by atoms with Crippen LogP contribution in [0.15, 0.2) is 36.7 Å². The SMILES string of the molecule is Cn1cc(CCC(NN)c2cccc(C(F)(F)F)c2)cn1. The minimum absolute atomic E-state index is 0.340. The smallest absolute Gasteiger partial charge is 0.276 e. The topological polar surface area (TPSA) is 55.9 Å². The predicted octanol–water partition coefficient (Wildman–Crippen LogP) is 2.58. The second-order valence-corrected chi connectivity index (χ2v) is 4.90. The van der Waals surface area contributed by atoms with Crippen molar-refractivity contribution in [2.24, 2.45) is 12.9 Å². The first-order valence-electron chi connectivity index (χ1n) is 6.51. The molecule has 1 aromatic carbocycles. The van der Waals surface area contributed by atoms with Gasteiger partial charge in [-0.3, -0.25) is 16.0 Å². The predicted molar refractivity (Wildman–Crippen MR) is 73.0 cm³/mol. The van der Waals surface area contributed by atoms with Gasteiger partial charge in [-0.1, -0.05) is 12.1 Å². The van der Waals surface area contributed by atoms with Gasteiger partial charge in [-0.2, -0.15) is 18.3 Å². The van der Waals surface area contributed by atoms with Crippen molar-refractivity contribution in [2.45, 2.75) is 25.1 Å². The van der Waals surface area contributed by atoms with Gasteiger partial charge in [-0.25, -0.2) is 0 Å². The normalized spacial score (nSPS) is 13.4. The van der Waals surface area contributed by atoms with Crippen LogP contribution in [0.2, 0.25) is 0 Å². The lowest BCUT2D eigenvalue weighted by atomic mass is 9.99. The van der Waals surface area contributed by atoms with Crippen molar-refractivity contribution in [3.63, 3.8) is 0 Å². The molecule has 1 aromatic heterocycles. The van der Waals surface area contributed by atoms with E-state index in [0.29, 0.717) is 18.4 Å². The van der Waals surface area contributed by atoms with E-state index in [0.717, 1.165) is 17.7 Å². The van der Waals surface area contributed by atoms with Gasteiger partial charge in [0.15, 0.2) is 0 Å². The highest BCUT2D eigenvalue weighted by Crippen LogP contribution is 2.31. The van der Waals surface area contributed by atoms with Gasteiger partial charge in [-0.15, -0.1) is 0 Å². The average molecular weight is 298 g/mol. The van der Waals surface area contributed by atoms with E-state index in [1.54, 1.807) is 16.9 Å². The quantitative estimate of drug-likeness (QED) is 0.659. The summed E-state index contributed by atoms with van der Waals surface area (Å²) in [6.45, 7) is 0. The standard InChI is InChI=1S/C14H17F3N4/c1-21-9-10(8-19-21)5-6-13(20-18)11-3-2-4-12(7-11)14(15,16)17/h2-4,7-9,13,20H,5-6,18H2,1H3. The zero-order valence-electron chi connectivity index (χ0n) is 11.6. The Hall–Kier alpha value is -1.86. The molecule has 0 aliphatic rings. The first kappa shape index (κ1) is 15.5. The van der Waals surface area contributed by atoms with Gasteiger partial charge in [0.1, 0.15) is 0 Å². The average Bonchev–Trinajstić information content (AvgIpc) is 2.85. The number of aryl methyl sites for hydroxylation is 2. The molecule has 0 amide bonds. The third-order valence-corrected chi connectivity index (χ3v) is 3.30. The fourth-order valence-electron chi connectivity index (χ4n) is 2.19. The van der Waals surface area contributed by atoms with Crippen LogP contribution >= 0.6 is 0 Å². The van der Waals surface area contributed by atoms with Crippen molar-refractivity contribution in [3.8, 4) is 0 Å². The lowest BCUT2D eigenvalue weighted by Gasteiger charge is -2.17. The molecular weight excluding hydrogens is 281 g/mol. The largest absolute Gasteiger partial charge is 0.416 e. The summed E-state index contributed by atoms with van der Waals surface area (Å²) in [7, 11) is 1.81. The Morgan fingerprint density at radius 2 is 2.14 bits per heavy atom. The fraction of sp³-hybridized carbons (Fsp3) is 0.357. The Morgan fingerprint density at radius 1 is 1.38 bits per heavy atom. The van der Waals surface area contributed by atoms with E-state index >= 15 is 0 Å². The van der Waals surface area contributed by atoms with Gasteiger partial charge in [0.05, 0.1) is 11.8 Å². The molecule has 1 atom stereocenters. The Labute approximate surface area is 120 Å². The highest BCUT2D eigenvalue weighted by atomic mass is 19.4. The van der Waals surface area contributed by atoms with Crippen molar-refractivity contribution in [1.29, 1.82) is 0 Å². The van der Waals surface area contributed by atoms with Gasteiger partial charge in [0, 0.05) is 19.3 Å². The number of alkyl halides is 3. The maximum absolute atomic E-state index is 12.7. The van der Waals surface area contributed by atoms with Crippen LogP contribution in [-0.2, 0) is 19.6 Å². The van der Waals surface area contributed by atoms with E-state index in [9.17, 15) is 13.2 Å². The summed E-state index contributed by atoms with van der Waals surface area (Å²) in [5.74, 6) is 5.48. The first-order chi connectivity index (χ1) is 9.90. The number of nitrogens with one attached hydrogen (secondary N) is 1. The lowest BCUT2D eigenvalue weighted by molar-refractivity contribution is -0.137. The Balaban J connectivity index is 2.10. The van der Waals surface area contributed by atoms with Gasteiger partial charge in [0.25, 0.3) is 0 Å². The summed E-state index contributed by atoms with van der Waals surface area (Å²) in [4.78, 5) is 0. The summed E-state index contributed by atoms with van der Waals surface area (Å²) >= 11 is 0. The molecule has 0 aliphatic heterocycles. The Morgan fingerprint density at radius 3 is 2.71 bits per heavy atom. The Kier molecular flexibility index (Phi) is 4.64. The van der Waals surface area contributed by atoms with Crippen molar-refractivity contribution < 1.29 is 13.2 Å². The number of benzene rings is 1. The summed E-state index contributed by atoms with van der Waals surface area (Å²) < 4.78 is 39.9. The number of rotatable bonds is 5. The van der Waals surface area contributed by atoms with Gasteiger partial charge < -0.3 is 0 Å². The van der Waals surface area contributed by atoms with Gasteiger partial charge in [0.2, 0.25) is 0 Å². The molecule has 0 radical (unpaired) electrons. The van der Waals surface area contributed by atoms with E-state index in [-0.39, 0.29) is 6.04 Å².